The Hall–Kier alpha value is -3.49. The van der Waals surface area contributed by atoms with E-state index in [2.05, 4.69) is 5.10 Å². The van der Waals surface area contributed by atoms with Crippen molar-refractivity contribution in [2.24, 2.45) is 12.8 Å². The van der Waals surface area contributed by atoms with Crippen molar-refractivity contribution in [3.8, 4) is 11.1 Å². The first kappa shape index (κ1) is 21.7. The molecule has 6 N–H and O–H groups in total. The molecule has 1 aliphatic heterocycles. The molecule has 0 spiro atoms. The molecule has 2 aromatic carbocycles. The van der Waals surface area contributed by atoms with E-state index < -0.39 is 5.91 Å². The summed E-state index contributed by atoms with van der Waals surface area (Å²) in [5.41, 5.74) is 21.8. The molecule has 3 aromatic rings. The van der Waals surface area contributed by atoms with E-state index in [1.165, 1.54) is 4.90 Å². The summed E-state index contributed by atoms with van der Waals surface area (Å²) in [6, 6.07) is 6.86. The Labute approximate surface area is 194 Å². The fraction of sp³-hybridized carbons (Fsp3) is 0.136. The van der Waals surface area contributed by atoms with Crippen molar-refractivity contribution < 1.29 is 9.59 Å². The maximum atomic E-state index is 13.2. The Morgan fingerprint density at radius 1 is 1.22 bits per heavy atom. The average molecular weight is 471 g/mol. The van der Waals surface area contributed by atoms with Crippen LogP contribution in [0.3, 0.4) is 0 Å². The molecule has 2 amide bonds. The lowest BCUT2D eigenvalue weighted by molar-refractivity contribution is -0.114. The Morgan fingerprint density at radius 2 is 1.91 bits per heavy atom. The van der Waals surface area contributed by atoms with Crippen LogP contribution in [0.1, 0.15) is 21.5 Å². The highest BCUT2D eigenvalue weighted by Crippen LogP contribution is 2.40. The molecule has 0 atom stereocenters. The van der Waals surface area contributed by atoms with E-state index in [1.807, 2.05) is 6.07 Å². The van der Waals surface area contributed by atoms with Gasteiger partial charge < -0.3 is 22.1 Å². The highest BCUT2D eigenvalue weighted by molar-refractivity contribution is 6.39. The highest BCUT2D eigenvalue weighted by Gasteiger charge is 2.33. The third kappa shape index (κ3) is 3.90. The molecule has 0 saturated carbocycles. The third-order valence-electron chi connectivity index (χ3n) is 5.33. The molecule has 0 radical (unpaired) electrons. The van der Waals surface area contributed by atoms with Gasteiger partial charge in [-0.1, -0.05) is 29.3 Å². The predicted molar refractivity (Wildman–Crippen MR) is 126 cm³/mol. The number of carbonyl (C=O) groups excluding carboxylic acids is 2. The van der Waals surface area contributed by atoms with E-state index in [0.717, 1.165) is 11.1 Å². The van der Waals surface area contributed by atoms with Gasteiger partial charge in [0.15, 0.2) is 0 Å². The molecule has 0 bridgehead atoms. The van der Waals surface area contributed by atoms with Crippen LogP contribution in [0, 0.1) is 0 Å². The van der Waals surface area contributed by atoms with E-state index in [-0.39, 0.29) is 30.3 Å². The molecule has 164 valence electrons. The normalized spacial score (nSPS) is 13.5. The van der Waals surface area contributed by atoms with Gasteiger partial charge in [-0.2, -0.15) is 5.10 Å². The van der Waals surface area contributed by atoms with Crippen molar-refractivity contribution in [3.05, 3.63) is 69.0 Å². The molecular formula is C22H20Cl2N6O2. The van der Waals surface area contributed by atoms with Gasteiger partial charge in [-0.15, -0.1) is 0 Å². The quantitative estimate of drug-likeness (QED) is 0.389. The number of nitrogens with two attached hydrogens (primary N) is 3. The van der Waals surface area contributed by atoms with Gasteiger partial charge in [0.05, 0.1) is 34.0 Å². The van der Waals surface area contributed by atoms with Crippen LogP contribution >= 0.6 is 23.2 Å². The van der Waals surface area contributed by atoms with Crippen LogP contribution in [-0.4, -0.2) is 33.0 Å². The topological polar surface area (TPSA) is 133 Å². The SMILES string of the molecule is Cn1cc(/C=C(\CN2Cc3c(-c4cc(Cl)c(N)c(Cl)c4)ccc(N)c3C2=O)C(N)=O)cn1. The van der Waals surface area contributed by atoms with Crippen molar-refractivity contribution in [3.63, 3.8) is 0 Å². The van der Waals surface area contributed by atoms with Gasteiger partial charge in [-0.3, -0.25) is 14.3 Å². The molecule has 1 aliphatic rings. The molecule has 8 nitrogen and oxygen atoms in total. The summed E-state index contributed by atoms with van der Waals surface area (Å²) in [5.74, 6) is -0.909. The second-order valence-electron chi connectivity index (χ2n) is 7.55. The zero-order chi connectivity index (χ0) is 23.2. The number of carbonyl (C=O) groups is 2. The molecule has 32 heavy (non-hydrogen) atoms. The van der Waals surface area contributed by atoms with Gasteiger partial charge in [0, 0.05) is 36.6 Å². The summed E-state index contributed by atoms with van der Waals surface area (Å²) in [6.45, 7) is 0.270. The molecule has 4 rings (SSSR count). The van der Waals surface area contributed by atoms with Gasteiger partial charge in [-0.05, 0) is 41.0 Å². The summed E-state index contributed by atoms with van der Waals surface area (Å²) in [4.78, 5) is 26.8. The molecular weight excluding hydrogens is 451 g/mol. The maximum Gasteiger partial charge on any atom is 0.256 e. The Balaban J connectivity index is 1.72. The number of nitrogens with zero attached hydrogens (tertiary/aromatic N) is 3. The average Bonchev–Trinajstić information content (AvgIpc) is 3.29. The van der Waals surface area contributed by atoms with Crippen molar-refractivity contribution >= 4 is 52.5 Å². The fourth-order valence-corrected chi connectivity index (χ4v) is 4.24. The largest absolute Gasteiger partial charge is 0.398 e. The summed E-state index contributed by atoms with van der Waals surface area (Å²) in [6.07, 6.45) is 4.97. The molecule has 0 unspecified atom stereocenters. The second kappa shape index (κ2) is 8.22. The van der Waals surface area contributed by atoms with E-state index >= 15 is 0 Å². The smallest absolute Gasteiger partial charge is 0.256 e. The number of hydrogen-bond donors (Lipinski definition) is 3. The van der Waals surface area contributed by atoms with Crippen LogP contribution in [0.4, 0.5) is 11.4 Å². The lowest BCUT2D eigenvalue weighted by Crippen LogP contribution is -2.30. The minimum absolute atomic E-state index is 0.0276. The van der Waals surface area contributed by atoms with Crippen LogP contribution in [0.15, 0.2) is 42.2 Å². The Morgan fingerprint density at radius 3 is 2.50 bits per heavy atom. The number of amides is 2. The lowest BCUT2D eigenvalue weighted by atomic mass is 9.95. The second-order valence-corrected chi connectivity index (χ2v) is 8.37. The number of aromatic nitrogens is 2. The van der Waals surface area contributed by atoms with Gasteiger partial charge in [0.2, 0.25) is 5.91 Å². The first-order valence-electron chi connectivity index (χ1n) is 9.60. The molecule has 0 aliphatic carbocycles. The predicted octanol–water partition coefficient (Wildman–Crippen LogP) is 3.08. The number of hydrogen-bond acceptors (Lipinski definition) is 5. The number of anilines is 2. The minimum Gasteiger partial charge on any atom is -0.398 e. The summed E-state index contributed by atoms with van der Waals surface area (Å²) in [7, 11) is 1.77. The van der Waals surface area contributed by atoms with E-state index in [0.29, 0.717) is 32.4 Å². The number of halogens is 2. The van der Waals surface area contributed by atoms with Crippen molar-refractivity contribution in [2.75, 3.05) is 18.0 Å². The van der Waals surface area contributed by atoms with Gasteiger partial charge in [-0.25, -0.2) is 0 Å². The van der Waals surface area contributed by atoms with Crippen molar-refractivity contribution in [1.29, 1.82) is 0 Å². The van der Waals surface area contributed by atoms with Crippen LogP contribution < -0.4 is 17.2 Å². The third-order valence-corrected chi connectivity index (χ3v) is 5.95. The monoisotopic (exact) mass is 470 g/mol. The molecule has 0 saturated heterocycles. The summed E-state index contributed by atoms with van der Waals surface area (Å²) >= 11 is 12.4. The molecule has 1 aromatic heterocycles. The fourth-order valence-electron chi connectivity index (χ4n) is 3.76. The van der Waals surface area contributed by atoms with Gasteiger partial charge in [0.25, 0.3) is 5.91 Å². The van der Waals surface area contributed by atoms with E-state index in [9.17, 15) is 9.59 Å². The highest BCUT2D eigenvalue weighted by atomic mass is 35.5. The number of aryl methyl sites for hydroxylation is 1. The van der Waals surface area contributed by atoms with Crippen LogP contribution in [-0.2, 0) is 18.4 Å². The zero-order valence-corrected chi connectivity index (χ0v) is 18.6. The van der Waals surface area contributed by atoms with E-state index in [4.69, 9.17) is 40.4 Å². The molecule has 2 heterocycles. The lowest BCUT2D eigenvalue weighted by Gasteiger charge is -2.17. The van der Waals surface area contributed by atoms with Crippen molar-refractivity contribution in [1.82, 2.24) is 14.7 Å². The summed E-state index contributed by atoms with van der Waals surface area (Å²) < 4.78 is 1.61. The van der Waals surface area contributed by atoms with E-state index in [1.54, 1.807) is 48.4 Å². The zero-order valence-electron chi connectivity index (χ0n) is 17.1. The van der Waals surface area contributed by atoms with Crippen molar-refractivity contribution in [2.45, 2.75) is 6.54 Å². The Bertz CT molecular complexity index is 1270. The minimum atomic E-state index is -0.622. The first-order chi connectivity index (χ1) is 15.2. The van der Waals surface area contributed by atoms with Crippen LogP contribution in [0.25, 0.3) is 17.2 Å². The standard InChI is InChI=1S/C22H20Cl2N6O2/c1-29-8-11(7-28-29)4-13(21(27)31)9-30-10-15-14(2-3-18(25)19(15)22(30)32)12-5-16(23)20(26)17(24)6-12/h2-8H,9-10,25-26H2,1H3,(H2,27,31)/b13-4+. The number of nitrogen functional groups attached to an aromatic ring is 2. The van der Waals surface area contributed by atoms with Crippen LogP contribution in [0.5, 0.6) is 0 Å². The number of rotatable bonds is 5. The maximum absolute atomic E-state index is 13.2. The van der Waals surface area contributed by atoms with Crippen LogP contribution in [0.2, 0.25) is 10.0 Å². The van der Waals surface area contributed by atoms with Gasteiger partial charge >= 0.3 is 0 Å². The molecule has 0 fully saturated rings. The Kier molecular flexibility index (Phi) is 5.58. The van der Waals surface area contributed by atoms with Gasteiger partial charge in [0.1, 0.15) is 0 Å². The number of primary amides is 1. The first-order valence-corrected chi connectivity index (χ1v) is 10.4. The molecule has 10 heteroatoms. The summed E-state index contributed by atoms with van der Waals surface area (Å²) in [5, 5.41) is 4.71. The number of benzene rings is 2. The number of fused-ring (bicyclic) bond motifs is 1.